The lowest BCUT2D eigenvalue weighted by Crippen LogP contribution is -2.25. The highest BCUT2D eigenvalue weighted by Crippen LogP contribution is 2.28. The first kappa shape index (κ1) is 14.0. The molecule has 0 rings (SSSR count). The third kappa shape index (κ3) is 4.03. The van der Waals surface area contributed by atoms with Crippen molar-refractivity contribution in [3.8, 4) is 0 Å². The van der Waals surface area contributed by atoms with Gasteiger partial charge in [0.25, 0.3) is 0 Å². The number of nitrogens with zero attached hydrogens (tertiary/aromatic N) is 1. The summed E-state index contributed by atoms with van der Waals surface area (Å²) in [5.74, 6) is 0. The van der Waals surface area contributed by atoms with Crippen LogP contribution in [0.1, 0.15) is 13.8 Å². The third-order valence-electron chi connectivity index (χ3n) is 1.21. The molecule has 0 amide bonds. The van der Waals surface area contributed by atoms with E-state index in [0.29, 0.717) is 13.1 Å². The van der Waals surface area contributed by atoms with E-state index in [-0.39, 0.29) is 12.2 Å². The molecule has 0 aromatic heterocycles. The second kappa shape index (κ2) is 5.19. The molecule has 0 unspecified atom stereocenters. The summed E-state index contributed by atoms with van der Waals surface area (Å²) in [7, 11) is -5.49. The Morgan fingerprint density at radius 3 is 2.00 bits per heavy atom. The van der Waals surface area contributed by atoms with E-state index in [1.807, 2.05) is 0 Å². The van der Waals surface area contributed by atoms with Crippen molar-refractivity contribution in [3.63, 3.8) is 0 Å². The molecule has 0 bridgehead atoms. The first-order valence-corrected chi connectivity index (χ1v) is 5.77. The van der Waals surface area contributed by atoms with Crippen molar-refractivity contribution in [2.45, 2.75) is 19.4 Å². The molecule has 86 valence electrons. The van der Waals surface area contributed by atoms with Gasteiger partial charge in [-0.15, -0.1) is 0 Å². The monoisotopic (exact) mass is 253 g/mol. The molecule has 0 radical (unpaired) electrons. The number of hydrogen-bond donors (Lipinski definition) is 0. The number of alkyl halides is 3. The average molecular weight is 253 g/mol. The predicted molar refractivity (Wildman–Crippen MR) is 46.6 cm³/mol. The van der Waals surface area contributed by atoms with Gasteiger partial charge in [0.1, 0.15) is 12.2 Å². The second-order valence-electron chi connectivity index (χ2n) is 2.16. The van der Waals surface area contributed by atoms with Crippen molar-refractivity contribution in [1.29, 1.82) is 0 Å². The first-order valence-electron chi connectivity index (χ1n) is 3.67. The quantitative estimate of drug-likeness (QED) is 0.424. The molecule has 0 aromatic carbocycles. The zero-order valence-corrected chi connectivity index (χ0v) is 9.17. The van der Waals surface area contributed by atoms with Crippen LogP contribution < -0.4 is 0 Å². The Morgan fingerprint density at radius 1 is 1.29 bits per heavy atom. The fraction of sp³-hybridized carbons (Fsp3) is 1.00. The maximum Gasteiger partial charge on any atom is 0.524 e. The second-order valence-corrected chi connectivity index (χ2v) is 4.74. The predicted octanol–water partition coefficient (Wildman–Crippen LogP) is 1.76. The van der Waals surface area contributed by atoms with Gasteiger partial charge in [-0.05, 0) is 0 Å². The van der Waals surface area contributed by atoms with Gasteiger partial charge in [-0.3, -0.25) is 0 Å². The van der Waals surface area contributed by atoms with Crippen LogP contribution in [0.2, 0.25) is 0 Å². The van der Waals surface area contributed by atoms with Crippen molar-refractivity contribution < 1.29 is 25.2 Å². The van der Waals surface area contributed by atoms with Gasteiger partial charge in [-0.1, -0.05) is 13.8 Å². The lowest BCUT2D eigenvalue weighted by molar-refractivity contribution is -0.0495. The summed E-state index contributed by atoms with van der Waals surface area (Å²) in [6, 6.07) is 0. The van der Waals surface area contributed by atoms with Crippen LogP contribution in [0.5, 0.6) is 0 Å². The summed E-state index contributed by atoms with van der Waals surface area (Å²) < 4.78 is 61.1. The molecule has 9 heteroatoms. The molecule has 4 nitrogen and oxygen atoms in total. The van der Waals surface area contributed by atoms with Crippen LogP contribution in [0.15, 0.2) is 0 Å². The maximum atomic E-state index is 11.7. The fourth-order valence-electron chi connectivity index (χ4n) is 0.451. The topological polar surface area (TPSA) is 46.6 Å². The lowest BCUT2D eigenvalue weighted by atomic mass is 10.7. The molecule has 0 aliphatic rings. The van der Waals surface area contributed by atoms with Gasteiger partial charge < -0.3 is 0 Å². The van der Waals surface area contributed by atoms with Crippen molar-refractivity contribution in [1.82, 2.24) is 4.31 Å². The van der Waals surface area contributed by atoms with Crippen molar-refractivity contribution >= 4 is 22.3 Å². The highest BCUT2D eigenvalue weighted by molar-refractivity contribution is 8.03. The molecule has 0 aliphatic heterocycles. The molecule has 0 fully saturated rings. The lowest BCUT2D eigenvalue weighted by Gasteiger charge is -2.15. The van der Waals surface area contributed by atoms with Gasteiger partial charge in [0, 0.05) is 13.1 Å². The van der Waals surface area contributed by atoms with Gasteiger partial charge in [0.15, 0.2) is 0 Å². The van der Waals surface area contributed by atoms with Gasteiger partial charge in [0.2, 0.25) is 0 Å². The Bertz CT molecular complexity index is 260. The third-order valence-corrected chi connectivity index (χ3v) is 3.47. The minimum Gasteiger partial charge on any atom is -0.226 e. The Kier molecular flexibility index (Phi) is 5.20. The molecule has 0 aliphatic carbocycles. The summed E-state index contributed by atoms with van der Waals surface area (Å²) >= 11 is 0.181. The summed E-state index contributed by atoms with van der Waals surface area (Å²) in [5, 5.41) is 0. The van der Waals surface area contributed by atoms with Gasteiger partial charge in [-0.2, -0.15) is 25.2 Å². The summed E-state index contributed by atoms with van der Waals surface area (Å²) in [4.78, 5) is 0. The van der Waals surface area contributed by atoms with Gasteiger partial charge in [-0.25, -0.2) is 4.31 Å². The molecular formula is C5H10F3NO3S2. The van der Waals surface area contributed by atoms with Crippen LogP contribution in [0.3, 0.4) is 0 Å². The Balaban J connectivity index is 4.27. The molecule has 0 aromatic rings. The van der Waals surface area contributed by atoms with Crippen LogP contribution in [-0.4, -0.2) is 31.3 Å². The molecule has 0 saturated carbocycles. The zero-order chi connectivity index (χ0) is 11.4. The average Bonchev–Trinajstić information content (AvgIpc) is 2.04. The van der Waals surface area contributed by atoms with Crippen LogP contribution in [0, 0.1) is 0 Å². The summed E-state index contributed by atoms with van der Waals surface area (Å²) in [6.07, 6.45) is 0. The fourth-order valence-corrected chi connectivity index (χ4v) is 1.63. The van der Waals surface area contributed by atoms with Crippen LogP contribution in [-0.2, 0) is 13.7 Å². The smallest absolute Gasteiger partial charge is 0.226 e. The van der Waals surface area contributed by atoms with E-state index in [4.69, 9.17) is 0 Å². The Labute approximate surface area is 84.9 Å². The van der Waals surface area contributed by atoms with E-state index in [9.17, 15) is 21.6 Å². The van der Waals surface area contributed by atoms with Crippen LogP contribution in [0.25, 0.3) is 0 Å². The van der Waals surface area contributed by atoms with E-state index in [2.05, 4.69) is 3.63 Å². The van der Waals surface area contributed by atoms with E-state index in [0.717, 1.165) is 0 Å². The van der Waals surface area contributed by atoms with Crippen LogP contribution >= 0.6 is 12.2 Å². The minimum atomic E-state index is -5.49. The van der Waals surface area contributed by atoms with Crippen molar-refractivity contribution in [3.05, 3.63) is 0 Å². The number of halogens is 3. The molecule has 0 atom stereocenters. The number of rotatable bonds is 5. The van der Waals surface area contributed by atoms with Gasteiger partial charge in [0.05, 0.1) is 0 Å². The highest BCUT2D eigenvalue weighted by atomic mass is 32.3. The largest absolute Gasteiger partial charge is 0.524 e. The minimum absolute atomic E-state index is 0.181. The van der Waals surface area contributed by atoms with Gasteiger partial charge >= 0.3 is 15.6 Å². The SMILES string of the molecule is CCN(CC)SOS(=O)(=O)C(F)(F)F. The highest BCUT2D eigenvalue weighted by Gasteiger charge is 2.48. The summed E-state index contributed by atoms with van der Waals surface area (Å²) in [5.41, 5.74) is -5.37. The van der Waals surface area contributed by atoms with E-state index >= 15 is 0 Å². The Morgan fingerprint density at radius 2 is 1.71 bits per heavy atom. The molecule has 0 spiro atoms. The maximum absolute atomic E-state index is 11.7. The zero-order valence-electron chi connectivity index (χ0n) is 7.54. The molecule has 0 N–H and O–H groups in total. The molecule has 14 heavy (non-hydrogen) atoms. The molecule has 0 saturated heterocycles. The molecular weight excluding hydrogens is 243 g/mol. The molecule has 0 heterocycles. The normalized spacial score (nSPS) is 13.6. The Hall–Kier alpha value is 0.01000. The number of hydrogen-bond acceptors (Lipinski definition) is 5. The van der Waals surface area contributed by atoms with Crippen molar-refractivity contribution in [2.75, 3.05) is 13.1 Å². The van der Waals surface area contributed by atoms with Crippen LogP contribution in [0.4, 0.5) is 13.2 Å². The van der Waals surface area contributed by atoms with E-state index < -0.39 is 15.6 Å². The first-order chi connectivity index (χ1) is 6.24. The van der Waals surface area contributed by atoms with E-state index in [1.54, 1.807) is 13.8 Å². The standard InChI is InChI=1S/C5H10F3NO3S2/c1-3-9(4-2)13-12-14(10,11)5(6,7)8/h3-4H2,1-2H3. The summed E-state index contributed by atoms with van der Waals surface area (Å²) in [6.45, 7) is 4.10. The van der Waals surface area contributed by atoms with Crippen molar-refractivity contribution in [2.24, 2.45) is 0 Å². The van der Waals surface area contributed by atoms with E-state index in [1.165, 1.54) is 4.31 Å².